The Morgan fingerprint density at radius 3 is 3.00 bits per heavy atom. The van der Waals surface area contributed by atoms with Crippen LogP contribution >= 0.6 is 0 Å². The summed E-state index contributed by atoms with van der Waals surface area (Å²) in [6, 6.07) is 2.98. The van der Waals surface area contributed by atoms with Crippen LogP contribution in [-0.2, 0) is 0 Å². The van der Waals surface area contributed by atoms with Crippen LogP contribution in [0.3, 0.4) is 0 Å². The maximum Gasteiger partial charge on any atom is 0.144 e. The normalized spacial score (nSPS) is 21.3. The van der Waals surface area contributed by atoms with Crippen LogP contribution in [0.1, 0.15) is 11.4 Å². The molecule has 1 aromatic rings. The van der Waals surface area contributed by atoms with E-state index < -0.39 is 6.10 Å². The zero-order valence-electron chi connectivity index (χ0n) is 8.50. The molecule has 0 aliphatic carbocycles. The highest BCUT2D eigenvalue weighted by atomic mass is 19.1. The molecule has 80 valence electrons. The third-order valence-electron chi connectivity index (χ3n) is 2.48. The van der Waals surface area contributed by atoms with Gasteiger partial charge in [-0.25, -0.2) is 4.39 Å². The zero-order chi connectivity index (χ0) is 10.8. The average molecular weight is 208 g/mol. The quantitative estimate of drug-likeness (QED) is 0.720. The minimum atomic E-state index is -0.559. The summed E-state index contributed by atoms with van der Waals surface area (Å²) in [7, 11) is 0. The van der Waals surface area contributed by atoms with Crippen LogP contribution in [0.2, 0.25) is 0 Å². The molecule has 2 rings (SSSR count). The lowest BCUT2D eigenvalue weighted by atomic mass is 10.0. The number of halogens is 1. The van der Waals surface area contributed by atoms with E-state index in [4.69, 9.17) is 0 Å². The molecule has 2 heterocycles. The van der Waals surface area contributed by atoms with Gasteiger partial charge in [-0.05, 0) is 19.1 Å². The number of β-amino-alcohol motifs (C(OH)–C–C–N with tert-alkyl or cyclic N) is 1. The lowest BCUT2D eigenvalue weighted by molar-refractivity contribution is 0.224. The van der Waals surface area contributed by atoms with Crippen molar-refractivity contribution >= 4 is 5.57 Å². The summed E-state index contributed by atoms with van der Waals surface area (Å²) < 4.78 is 13.0. The number of hydrogen-bond acceptors (Lipinski definition) is 3. The third-order valence-corrected chi connectivity index (χ3v) is 2.48. The Hall–Kier alpha value is -1.26. The highest BCUT2D eigenvalue weighted by Gasteiger charge is 2.17. The van der Waals surface area contributed by atoms with Gasteiger partial charge in [0.1, 0.15) is 5.82 Å². The number of pyridine rings is 1. The fraction of sp³-hybridized carbons (Fsp3) is 0.364. The highest BCUT2D eigenvalue weighted by Crippen LogP contribution is 2.19. The number of rotatable bonds is 1. The molecule has 15 heavy (non-hydrogen) atoms. The Morgan fingerprint density at radius 2 is 2.33 bits per heavy atom. The number of aliphatic hydroxyl groups excluding tert-OH is 1. The number of aryl methyl sites for hydroxylation is 1. The average Bonchev–Trinajstić information content (AvgIpc) is 2.23. The largest absolute Gasteiger partial charge is 0.387 e. The van der Waals surface area contributed by atoms with Crippen LogP contribution in [0, 0.1) is 12.7 Å². The summed E-state index contributed by atoms with van der Waals surface area (Å²) in [5.74, 6) is -0.317. The first-order valence-electron chi connectivity index (χ1n) is 4.91. The van der Waals surface area contributed by atoms with Crippen molar-refractivity contribution in [3.63, 3.8) is 0 Å². The molecule has 0 radical (unpaired) electrons. The van der Waals surface area contributed by atoms with Crippen molar-refractivity contribution in [1.29, 1.82) is 0 Å². The van der Waals surface area contributed by atoms with E-state index in [1.807, 2.05) is 6.08 Å². The predicted octanol–water partition coefficient (Wildman–Crippen LogP) is 0.877. The number of aromatic nitrogens is 1. The van der Waals surface area contributed by atoms with E-state index in [0.29, 0.717) is 24.5 Å². The first kappa shape index (κ1) is 10.3. The third kappa shape index (κ3) is 2.06. The van der Waals surface area contributed by atoms with Gasteiger partial charge in [0.2, 0.25) is 0 Å². The molecule has 1 aromatic heterocycles. The van der Waals surface area contributed by atoms with Crippen molar-refractivity contribution < 1.29 is 9.50 Å². The van der Waals surface area contributed by atoms with Crippen molar-refractivity contribution in [2.45, 2.75) is 13.0 Å². The van der Waals surface area contributed by atoms with Crippen molar-refractivity contribution in [1.82, 2.24) is 10.3 Å². The van der Waals surface area contributed by atoms with Gasteiger partial charge < -0.3 is 10.4 Å². The van der Waals surface area contributed by atoms with Gasteiger partial charge in [0.05, 0.1) is 17.5 Å². The van der Waals surface area contributed by atoms with Crippen LogP contribution in [-0.4, -0.2) is 29.3 Å². The fourth-order valence-corrected chi connectivity index (χ4v) is 1.63. The summed E-state index contributed by atoms with van der Waals surface area (Å²) in [6.45, 7) is 2.85. The molecule has 1 atom stereocenters. The maximum absolute atomic E-state index is 13.0. The molecular weight excluding hydrogens is 195 g/mol. The van der Waals surface area contributed by atoms with E-state index in [1.54, 1.807) is 13.0 Å². The van der Waals surface area contributed by atoms with Crippen LogP contribution in [0.5, 0.6) is 0 Å². The first-order valence-corrected chi connectivity index (χ1v) is 4.91. The number of nitrogens with one attached hydrogen (secondary N) is 1. The smallest absolute Gasteiger partial charge is 0.144 e. The highest BCUT2D eigenvalue weighted by molar-refractivity contribution is 5.67. The molecule has 0 spiro atoms. The lowest BCUT2D eigenvalue weighted by Crippen LogP contribution is -2.32. The molecule has 2 N–H and O–H groups in total. The monoisotopic (exact) mass is 208 g/mol. The molecule has 0 saturated heterocycles. The Labute approximate surface area is 87.7 Å². The Kier molecular flexibility index (Phi) is 2.79. The second-order valence-corrected chi connectivity index (χ2v) is 3.60. The minimum absolute atomic E-state index is 0.317. The van der Waals surface area contributed by atoms with E-state index in [1.165, 1.54) is 6.07 Å². The van der Waals surface area contributed by atoms with Crippen molar-refractivity contribution in [2.75, 3.05) is 13.1 Å². The standard InChI is InChI=1S/C11H13FN2O/c1-7-9(12)2-3-10(14-7)8-4-5-13-6-11(8)15/h2-4,11,13,15H,5-6H2,1H3/t11-/m0/s1. The van der Waals surface area contributed by atoms with E-state index in [0.717, 1.165) is 5.57 Å². The molecule has 0 bridgehead atoms. The van der Waals surface area contributed by atoms with Crippen LogP contribution in [0.15, 0.2) is 18.2 Å². The molecular formula is C11H13FN2O. The van der Waals surface area contributed by atoms with Gasteiger partial charge in [0.25, 0.3) is 0 Å². The molecule has 3 nitrogen and oxygen atoms in total. The number of aliphatic hydroxyl groups is 1. The topological polar surface area (TPSA) is 45.2 Å². The van der Waals surface area contributed by atoms with Gasteiger partial charge in [0, 0.05) is 18.7 Å². The number of nitrogens with zero attached hydrogens (tertiary/aromatic N) is 1. The van der Waals surface area contributed by atoms with Gasteiger partial charge >= 0.3 is 0 Å². The number of hydrogen-bond donors (Lipinski definition) is 2. The van der Waals surface area contributed by atoms with Crippen molar-refractivity contribution in [3.8, 4) is 0 Å². The van der Waals surface area contributed by atoms with Crippen LogP contribution in [0.4, 0.5) is 4.39 Å². The Bertz CT molecular complexity index is 404. The second-order valence-electron chi connectivity index (χ2n) is 3.60. The van der Waals surface area contributed by atoms with E-state index >= 15 is 0 Å². The molecule has 0 aromatic carbocycles. The zero-order valence-corrected chi connectivity index (χ0v) is 8.50. The van der Waals surface area contributed by atoms with Gasteiger partial charge in [-0.1, -0.05) is 6.08 Å². The van der Waals surface area contributed by atoms with Gasteiger partial charge in [-0.3, -0.25) is 4.98 Å². The SMILES string of the molecule is Cc1nc(C2=CCNC[C@@H]2O)ccc1F. The molecule has 1 aliphatic rings. The predicted molar refractivity (Wildman–Crippen MR) is 55.8 cm³/mol. The van der Waals surface area contributed by atoms with Crippen LogP contribution < -0.4 is 5.32 Å². The minimum Gasteiger partial charge on any atom is -0.387 e. The van der Waals surface area contributed by atoms with Gasteiger partial charge in [0.15, 0.2) is 0 Å². The molecule has 0 unspecified atom stereocenters. The Balaban J connectivity index is 2.36. The van der Waals surface area contributed by atoms with Crippen LogP contribution in [0.25, 0.3) is 5.57 Å². The van der Waals surface area contributed by atoms with Crippen molar-refractivity contribution in [3.05, 3.63) is 35.4 Å². The van der Waals surface area contributed by atoms with E-state index in [9.17, 15) is 9.50 Å². The van der Waals surface area contributed by atoms with Gasteiger partial charge in [-0.2, -0.15) is 0 Å². The molecule has 0 amide bonds. The lowest BCUT2D eigenvalue weighted by Gasteiger charge is -2.20. The Morgan fingerprint density at radius 1 is 1.53 bits per heavy atom. The second kappa shape index (κ2) is 4.08. The fourth-order valence-electron chi connectivity index (χ4n) is 1.63. The molecule has 4 heteroatoms. The summed E-state index contributed by atoms with van der Waals surface area (Å²) in [6.07, 6.45) is 1.32. The summed E-state index contributed by atoms with van der Waals surface area (Å²) >= 11 is 0. The molecule has 1 aliphatic heterocycles. The maximum atomic E-state index is 13.0. The molecule has 0 fully saturated rings. The summed E-state index contributed by atoms with van der Waals surface area (Å²) in [5.41, 5.74) is 1.79. The van der Waals surface area contributed by atoms with E-state index in [-0.39, 0.29) is 5.82 Å². The summed E-state index contributed by atoms with van der Waals surface area (Å²) in [4.78, 5) is 4.12. The van der Waals surface area contributed by atoms with Crippen molar-refractivity contribution in [2.24, 2.45) is 0 Å². The summed E-state index contributed by atoms with van der Waals surface area (Å²) in [5, 5.41) is 12.8. The van der Waals surface area contributed by atoms with E-state index in [2.05, 4.69) is 10.3 Å². The van der Waals surface area contributed by atoms with Gasteiger partial charge in [-0.15, -0.1) is 0 Å². The molecule has 0 saturated carbocycles. The first-order chi connectivity index (χ1) is 7.18.